The molecule has 0 fully saturated rings. The third kappa shape index (κ3) is 4.52. The van der Waals surface area contributed by atoms with Gasteiger partial charge in [-0.3, -0.25) is 9.59 Å². The van der Waals surface area contributed by atoms with Crippen LogP contribution in [0.1, 0.15) is 15.9 Å². The Bertz CT molecular complexity index is 947. The zero-order valence-electron chi connectivity index (χ0n) is 14.7. The third-order valence-corrected chi connectivity index (χ3v) is 4.32. The minimum atomic E-state index is -0.504. The molecular weight excluding hydrogens is 434 g/mol. The number of methoxy groups -OCH3 is 1. The fraction of sp³-hybridized carbons (Fsp3) is 0.167. The van der Waals surface area contributed by atoms with Crippen LogP contribution in [0.2, 0.25) is 0 Å². The van der Waals surface area contributed by atoms with Crippen LogP contribution in [-0.4, -0.2) is 43.6 Å². The summed E-state index contributed by atoms with van der Waals surface area (Å²) in [7, 11) is 1.42. The number of phenols is 1. The van der Waals surface area contributed by atoms with Gasteiger partial charge in [0.05, 0.1) is 24.3 Å². The van der Waals surface area contributed by atoms with Gasteiger partial charge in [-0.05, 0) is 51.8 Å². The number of fused-ring (bicyclic) bond motifs is 1. The Hall–Kier alpha value is -3.27. The molecule has 0 unspecified atom stereocenters. The average Bonchev–Trinajstić information content (AvgIpc) is 3.16. The fourth-order valence-corrected chi connectivity index (χ4v) is 2.80. The van der Waals surface area contributed by atoms with Crippen LogP contribution in [0, 0.1) is 0 Å². The van der Waals surface area contributed by atoms with Crippen LogP contribution in [0.5, 0.6) is 23.0 Å². The van der Waals surface area contributed by atoms with E-state index >= 15 is 0 Å². The molecule has 0 spiro atoms. The Morgan fingerprint density at radius 3 is 2.86 bits per heavy atom. The molecule has 2 amide bonds. The van der Waals surface area contributed by atoms with Crippen LogP contribution in [0.3, 0.4) is 0 Å². The molecule has 0 atom stereocenters. The topological polar surface area (TPSA) is 118 Å². The lowest BCUT2D eigenvalue weighted by Crippen LogP contribution is -2.34. The highest BCUT2D eigenvalue weighted by Crippen LogP contribution is 2.34. The monoisotopic (exact) mass is 449 g/mol. The largest absolute Gasteiger partial charge is 0.503 e. The van der Waals surface area contributed by atoms with Crippen molar-refractivity contribution in [2.24, 2.45) is 5.10 Å². The van der Waals surface area contributed by atoms with Gasteiger partial charge in [-0.2, -0.15) is 5.10 Å². The first kappa shape index (κ1) is 19.5. The van der Waals surface area contributed by atoms with E-state index in [1.54, 1.807) is 30.3 Å². The lowest BCUT2D eigenvalue weighted by molar-refractivity contribution is -0.120. The Morgan fingerprint density at radius 1 is 1.29 bits per heavy atom. The predicted octanol–water partition coefficient (Wildman–Crippen LogP) is 1.77. The molecule has 0 aliphatic carbocycles. The first-order chi connectivity index (χ1) is 13.5. The summed E-state index contributed by atoms with van der Waals surface area (Å²) in [5.74, 6) is 0.353. The number of hydrogen-bond acceptors (Lipinski definition) is 7. The molecule has 3 rings (SSSR count). The van der Waals surface area contributed by atoms with Gasteiger partial charge in [0.1, 0.15) is 0 Å². The van der Waals surface area contributed by atoms with E-state index in [-0.39, 0.29) is 24.8 Å². The van der Waals surface area contributed by atoms with Crippen LogP contribution >= 0.6 is 15.9 Å². The normalized spacial score (nSPS) is 12.1. The molecule has 1 aliphatic rings. The molecule has 1 heterocycles. The van der Waals surface area contributed by atoms with Gasteiger partial charge in [0.2, 0.25) is 6.79 Å². The Balaban J connectivity index is 1.51. The van der Waals surface area contributed by atoms with Gasteiger partial charge in [0.25, 0.3) is 11.8 Å². The zero-order chi connectivity index (χ0) is 20.1. The van der Waals surface area contributed by atoms with Gasteiger partial charge in [0, 0.05) is 5.56 Å². The van der Waals surface area contributed by atoms with E-state index < -0.39 is 11.8 Å². The number of aromatic hydroxyl groups is 1. The quantitative estimate of drug-likeness (QED) is 0.456. The Morgan fingerprint density at radius 2 is 2.07 bits per heavy atom. The fourth-order valence-electron chi connectivity index (χ4n) is 2.34. The molecule has 9 nitrogen and oxygen atoms in total. The van der Waals surface area contributed by atoms with Crippen LogP contribution in [-0.2, 0) is 4.79 Å². The number of nitrogens with zero attached hydrogens (tertiary/aromatic N) is 1. The highest BCUT2D eigenvalue weighted by atomic mass is 79.9. The van der Waals surface area contributed by atoms with Crippen molar-refractivity contribution in [1.82, 2.24) is 10.7 Å². The first-order valence-electron chi connectivity index (χ1n) is 8.04. The molecule has 10 heteroatoms. The van der Waals surface area contributed by atoms with Gasteiger partial charge >= 0.3 is 0 Å². The highest BCUT2D eigenvalue weighted by molar-refractivity contribution is 9.10. The average molecular weight is 450 g/mol. The summed E-state index contributed by atoms with van der Waals surface area (Å²) in [6.07, 6.45) is 1.38. The molecule has 0 aromatic heterocycles. The Kier molecular flexibility index (Phi) is 5.99. The van der Waals surface area contributed by atoms with Gasteiger partial charge in [-0.1, -0.05) is 0 Å². The molecule has 2 aromatic carbocycles. The SMILES string of the molecule is COc1cc(/C=N/NC(=O)CNC(=O)c2ccc3c(c2)OCO3)cc(Br)c1O. The summed E-state index contributed by atoms with van der Waals surface area (Å²) in [6, 6.07) is 7.91. The molecule has 146 valence electrons. The molecule has 0 radical (unpaired) electrons. The maximum absolute atomic E-state index is 12.1. The first-order valence-corrected chi connectivity index (χ1v) is 8.83. The van der Waals surface area contributed by atoms with E-state index in [2.05, 4.69) is 31.8 Å². The smallest absolute Gasteiger partial charge is 0.259 e. The number of benzene rings is 2. The van der Waals surface area contributed by atoms with Crippen molar-refractivity contribution in [3.8, 4) is 23.0 Å². The van der Waals surface area contributed by atoms with Crippen molar-refractivity contribution in [3.63, 3.8) is 0 Å². The number of ether oxygens (including phenoxy) is 3. The lowest BCUT2D eigenvalue weighted by Gasteiger charge is -2.06. The molecule has 0 saturated carbocycles. The number of halogens is 1. The third-order valence-electron chi connectivity index (χ3n) is 3.72. The van der Waals surface area contributed by atoms with Gasteiger partial charge in [0.15, 0.2) is 23.0 Å². The zero-order valence-corrected chi connectivity index (χ0v) is 16.3. The summed E-state index contributed by atoms with van der Waals surface area (Å²) in [5, 5.41) is 16.1. The predicted molar refractivity (Wildman–Crippen MR) is 103 cm³/mol. The second kappa shape index (κ2) is 8.61. The molecular formula is C18H16BrN3O6. The number of carbonyl (C=O) groups excluding carboxylic acids is 2. The standard InChI is InChI=1S/C18H16BrN3O6/c1-26-15-5-10(4-12(19)17(15)24)7-21-22-16(23)8-20-18(25)11-2-3-13-14(6-11)28-9-27-13/h2-7,24H,8-9H2,1H3,(H,20,25)(H,22,23)/b21-7+. The number of rotatable bonds is 6. The van der Waals surface area contributed by atoms with E-state index in [0.29, 0.717) is 27.1 Å². The molecule has 2 aromatic rings. The molecule has 0 bridgehead atoms. The highest BCUT2D eigenvalue weighted by Gasteiger charge is 2.16. The number of phenolic OH excluding ortho intramolecular Hbond substituents is 1. The van der Waals surface area contributed by atoms with Crippen LogP contribution in [0.25, 0.3) is 0 Å². The minimum Gasteiger partial charge on any atom is -0.503 e. The van der Waals surface area contributed by atoms with Crippen molar-refractivity contribution < 1.29 is 28.9 Å². The lowest BCUT2D eigenvalue weighted by atomic mass is 10.2. The summed E-state index contributed by atoms with van der Waals surface area (Å²) < 4.78 is 15.9. The van der Waals surface area contributed by atoms with Crippen molar-refractivity contribution >= 4 is 34.0 Å². The number of amides is 2. The van der Waals surface area contributed by atoms with Gasteiger partial charge in [-0.25, -0.2) is 5.43 Å². The number of nitrogens with one attached hydrogen (secondary N) is 2. The maximum Gasteiger partial charge on any atom is 0.259 e. The molecule has 0 saturated heterocycles. The van der Waals surface area contributed by atoms with Crippen molar-refractivity contribution in [2.45, 2.75) is 0 Å². The minimum absolute atomic E-state index is 0.0325. The second-order valence-corrected chi connectivity index (χ2v) is 6.45. The number of hydrogen-bond donors (Lipinski definition) is 3. The summed E-state index contributed by atoms with van der Waals surface area (Å²) in [4.78, 5) is 24.0. The van der Waals surface area contributed by atoms with Crippen molar-refractivity contribution in [1.29, 1.82) is 0 Å². The van der Waals surface area contributed by atoms with E-state index in [4.69, 9.17) is 14.2 Å². The Labute approximate surface area is 168 Å². The molecule has 28 heavy (non-hydrogen) atoms. The molecule has 3 N–H and O–H groups in total. The summed E-state index contributed by atoms with van der Waals surface area (Å²) >= 11 is 3.20. The van der Waals surface area contributed by atoms with Crippen molar-refractivity contribution in [3.05, 3.63) is 45.9 Å². The van der Waals surface area contributed by atoms with E-state index in [9.17, 15) is 14.7 Å². The van der Waals surface area contributed by atoms with Gasteiger partial charge < -0.3 is 24.6 Å². The van der Waals surface area contributed by atoms with Crippen LogP contribution < -0.4 is 25.0 Å². The van der Waals surface area contributed by atoms with Crippen LogP contribution in [0.15, 0.2) is 39.9 Å². The summed E-state index contributed by atoms with van der Waals surface area (Å²) in [6.45, 7) is -0.141. The van der Waals surface area contributed by atoms with Crippen molar-refractivity contribution in [2.75, 3.05) is 20.4 Å². The summed E-state index contributed by atoms with van der Waals surface area (Å²) in [5.41, 5.74) is 3.24. The van der Waals surface area contributed by atoms with E-state index in [0.717, 1.165) is 0 Å². The van der Waals surface area contributed by atoms with E-state index in [1.807, 2.05) is 0 Å². The second-order valence-electron chi connectivity index (χ2n) is 5.60. The maximum atomic E-state index is 12.1. The number of carbonyl (C=O) groups is 2. The van der Waals surface area contributed by atoms with E-state index in [1.165, 1.54) is 13.3 Å². The van der Waals surface area contributed by atoms with Crippen LogP contribution in [0.4, 0.5) is 0 Å². The van der Waals surface area contributed by atoms with Gasteiger partial charge in [-0.15, -0.1) is 0 Å². The number of hydrazone groups is 1. The molecule has 1 aliphatic heterocycles.